The Hall–Kier alpha value is -1.55. The van der Waals surface area contributed by atoms with Crippen LogP contribution >= 0.6 is 0 Å². The lowest BCUT2D eigenvalue weighted by atomic mass is 10.3. The Bertz CT molecular complexity index is 327. The van der Waals surface area contributed by atoms with Crippen LogP contribution in [-0.2, 0) is 4.79 Å². The summed E-state index contributed by atoms with van der Waals surface area (Å²) in [5.41, 5.74) is 0. The Kier molecular flexibility index (Phi) is 6.10. The number of rotatable bonds is 7. The Morgan fingerprint density at radius 1 is 1.35 bits per heavy atom. The highest BCUT2D eigenvalue weighted by Gasteiger charge is 2.06. The first-order valence-electron chi connectivity index (χ1n) is 5.85. The lowest BCUT2D eigenvalue weighted by Gasteiger charge is -2.15. The fraction of sp³-hybridized carbons (Fsp3) is 0.462. The van der Waals surface area contributed by atoms with E-state index in [9.17, 15) is 4.79 Å². The molecule has 1 rings (SSSR count). The molecule has 4 heteroatoms. The number of hydrogen-bond donors (Lipinski definition) is 2. The van der Waals surface area contributed by atoms with E-state index in [1.807, 2.05) is 44.3 Å². The van der Waals surface area contributed by atoms with Crippen LogP contribution in [0.15, 0.2) is 30.3 Å². The molecule has 0 bridgehead atoms. The first-order valence-corrected chi connectivity index (χ1v) is 5.85. The van der Waals surface area contributed by atoms with Crippen LogP contribution in [0.2, 0.25) is 0 Å². The van der Waals surface area contributed by atoms with E-state index in [0.717, 1.165) is 5.75 Å². The van der Waals surface area contributed by atoms with Gasteiger partial charge in [0.2, 0.25) is 5.91 Å². The third kappa shape index (κ3) is 5.92. The second-order valence-corrected chi connectivity index (χ2v) is 3.90. The fourth-order valence-electron chi connectivity index (χ4n) is 1.36. The summed E-state index contributed by atoms with van der Waals surface area (Å²) in [6, 6.07) is 9.59. The van der Waals surface area contributed by atoms with Gasteiger partial charge >= 0.3 is 0 Å². The van der Waals surface area contributed by atoms with Gasteiger partial charge in [0.15, 0.2) is 0 Å². The van der Waals surface area contributed by atoms with Gasteiger partial charge in [-0.3, -0.25) is 4.79 Å². The topological polar surface area (TPSA) is 50.4 Å². The average molecular weight is 236 g/mol. The third-order valence-corrected chi connectivity index (χ3v) is 2.27. The molecule has 1 atom stereocenters. The van der Waals surface area contributed by atoms with Crippen molar-refractivity contribution in [3.8, 4) is 5.75 Å². The number of benzene rings is 1. The second kappa shape index (κ2) is 7.68. The third-order valence-electron chi connectivity index (χ3n) is 2.27. The standard InChI is InChI=1S/C13H20N2O2/c1-11(10-15-13(16)8-9-14-2)17-12-6-4-3-5-7-12/h3-7,11,14H,8-10H2,1-2H3,(H,15,16). The number of carbonyl (C=O) groups is 1. The molecule has 0 spiro atoms. The van der Waals surface area contributed by atoms with Gasteiger partial charge in [0.25, 0.3) is 0 Å². The van der Waals surface area contributed by atoms with Gasteiger partial charge in [-0.25, -0.2) is 0 Å². The van der Waals surface area contributed by atoms with Gasteiger partial charge in [0.1, 0.15) is 11.9 Å². The van der Waals surface area contributed by atoms with Crippen molar-refractivity contribution in [2.24, 2.45) is 0 Å². The van der Waals surface area contributed by atoms with Crippen molar-refractivity contribution in [3.63, 3.8) is 0 Å². The molecule has 0 heterocycles. The summed E-state index contributed by atoms with van der Waals surface area (Å²) in [6.07, 6.45) is 0.463. The van der Waals surface area contributed by atoms with Crippen molar-refractivity contribution in [1.82, 2.24) is 10.6 Å². The van der Waals surface area contributed by atoms with E-state index >= 15 is 0 Å². The van der Waals surface area contributed by atoms with Gasteiger partial charge in [-0.05, 0) is 26.1 Å². The molecule has 0 aliphatic carbocycles. The molecule has 1 aromatic rings. The lowest BCUT2D eigenvalue weighted by molar-refractivity contribution is -0.121. The van der Waals surface area contributed by atoms with Gasteiger partial charge in [0, 0.05) is 13.0 Å². The summed E-state index contributed by atoms with van der Waals surface area (Å²) in [5.74, 6) is 0.868. The largest absolute Gasteiger partial charge is 0.489 e. The second-order valence-electron chi connectivity index (χ2n) is 3.90. The molecule has 0 saturated carbocycles. The summed E-state index contributed by atoms with van der Waals surface area (Å²) >= 11 is 0. The monoisotopic (exact) mass is 236 g/mol. The first kappa shape index (κ1) is 13.5. The minimum Gasteiger partial charge on any atom is -0.489 e. The molecule has 94 valence electrons. The van der Waals surface area contributed by atoms with E-state index in [-0.39, 0.29) is 12.0 Å². The van der Waals surface area contributed by atoms with Crippen LogP contribution in [-0.4, -0.2) is 32.1 Å². The van der Waals surface area contributed by atoms with Crippen molar-refractivity contribution in [3.05, 3.63) is 30.3 Å². The van der Waals surface area contributed by atoms with Gasteiger partial charge < -0.3 is 15.4 Å². The van der Waals surface area contributed by atoms with Crippen molar-refractivity contribution in [2.45, 2.75) is 19.4 Å². The molecule has 0 aromatic heterocycles. The van der Waals surface area contributed by atoms with Gasteiger partial charge in [-0.15, -0.1) is 0 Å². The lowest BCUT2D eigenvalue weighted by Crippen LogP contribution is -2.34. The van der Waals surface area contributed by atoms with E-state index in [4.69, 9.17) is 4.74 Å². The van der Waals surface area contributed by atoms with Gasteiger partial charge in [-0.2, -0.15) is 0 Å². The minimum atomic E-state index is -0.0315. The fourth-order valence-corrected chi connectivity index (χ4v) is 1.36. The van der Waals surface area contributed by atoms with E-state index in [0.29, 0.717) is 19.5 Å². The van der Waals surface area contributed by atoms with E-state index in [1.165, 1.54) is 0 Å². The molecule has 0 radical (unpaired) electrons. The maximum absolute atomic E-state index is 11.4. The average Bonchev–Trinajstić information content (AvgIpc) is 2.35. The SMILES string of the molecule is CNCCC(=O)NCC(C)Oc1ccccc1. The predicted octanol–water partition coefficient (Wildman–Crippen LogP) is 1.18. The van der Waals surface area contributed by atoms with Crippen LogP contribution in [0, 0.1) is 0 Å². The molecular formula is C13H20N2O2. The maximum atomic E-state index is 11.4. The highest BCUT2D eigenvalue weighted by molar-refractivity contribution is 5.76. The van der Waals surface area contributed by atoms with Crippen LogP contribution < -0.4 is 15.4 Å². The minimum absolute atomic E-state index is 0.0315. The quantitative estimate of drug-likeness (QED) is 0.747. The summed E-state index contributed by atoms with van der Waals surface area (Å²) in [4.78, 5) is 11.4. The van der Waals surface area contributed by atoms with Crippen molar-refractivity contribution in [2.75, 3.05) is 20.1 Å². The number of hydrogen-bond acceptors (Lipinski definition) is 3. The number of ether oxygens (including phenoxy) is 1. The summed E-state index contributed by atoms with van der Waals surface area (Å²) in [5, 5.41) is 5.77. The maximum Gasteiger partial charge on any atom is 0.221 e. The van der Waals surface area contributed by atoms with Gasteiger partial charge in [0.05, 0.1) is 6.54 Å². The zero-order valence-electron chi connectivity index (χ0n) is 10.4. The zero-order valence-corrected chi connectivity index (χ0v) is 10.4. The Morgan fingerprint density at radius 2 is 2.06 bits per heavy atom. The first-order chi connectivity index (χ1) is 8.22. The number of para-hydroxylation sites is 1. The van der Waals surface area contributed by atoms with Crippen LogP contribution in [0.1, 0.15) is 13.3 Å². The highest BCUT2D eigenvalue weighted by Crippen LogP contribution is 2.10. The van der Waals surface area contributed by atoms with Crippen molar-refractivity contribution < 1.29 is 9.53 Å². The number of nitrogens with one attached hydrogen (secondary N) is 2. The van der Waals surface area contributed by atoms with E-state index in [2.05, 4.69) is 10.6 Å². The van der Waals surface area contributed by atoms with Crippen LogP contribution in [0.3, 0.4) is 0 Å². The molecule has 0 aliphatic rings. The molecular weight excluding hydrogens is 216 g/mol. The number of amides is 1. The molecule has 2 N–H and O–H groups in total. The van der Waals surface area contributed by atoms with E-state index in [1.54, 1.807) is 0 Å². The highest BCUT2D eigenvalue weighted by atomic mass is 16.5. The molecule has 1 aromatic carbocycles. The Labute approximate surface area is 102 Å². The molecule has 0 aliphatic heterocycles. The molecule has 0 saturated heterocycles. The summed E-state index contributed by atoms with van der Waals surface area (Å²) in [7, 11) is 1.83. The van der Waals surface area contributed by atoms with E-state index < -0.39 is 0 Å². The zero-order chi connectivity index (χ0) is 12.5. The smallest absolute Gasteiger partial charge is 0.221 e. The summed E-state index contributed by atoms with van der Waals surface area (Å²) in [6.45, 7) is 3.16. The Morgan fingerprint density at radius 3 is 2.71 bits per heavy atom. The molecule has 1 unspecified atom stereocenters. The van der Waals surface area contributed by atoms with Crippen LogP contribution in [0.4, 0.5) is 0 Å². The number of carbonyl (C=O) groups excluding carboxylic acids is 1. The summed E-state index contributed by atoms with van der Waals surface area (Å²) < 4.78 is 5.64. The Balaban J connectivity index is 2.21. The molecule has 4 nitrogen and oxygen atoms in total. The molecule has 1 amide bonds. The van der Waals surface area contributed by atoms with Crippen molar-refractivity contribution in [1.29, 1.82) is 0 Å². The van der Waals surface area contributed by atoms with Crippen LogP contribution in [0.5, 0.6) is 5.75 Å². The predicted molar refractivity (Wildman–Crippen MR) is 68.1 cm³/mol. The van der Waals surface area contributed by atoms with Crippen LogP contribution in [0.25, 0.3) is 0 Å². The molecule has 0 fully saturated rings. The normalized spacial score (nSPS) is 11.9. The molecule has 17 heavy (non-hydrogen) atoms. The van der Waals surface area contributed by atoms with Gasteiger partial charge in [-0.1, -0.05) is 18.2 Å². The van der Waals surface area contributed by atoms with Crippen molar-refractivity contribution >= 4 is 5.91 Å².